The molecule has 0 N–H and O–H groups in total. The third-order valence-electron chi connectivity index (χ3n) is 3.74. The zero-order valence-electron chi connectivity index (χ0n) is 13.6. The molecule has 0 aliphatic heterocycles. The molecule has 0 saturated carbocycles. The van der Waals surface area contributed by atoms with Crippen molar-refractivity contribution in [2.24, 2.45) is 0 Å². The number of nitrogens with zero attached hydrogens (tertiary/aromatic N) is 2. The smallest absolute Gasteiger partial charge is 0.127 e. The van der Waals surface area contributed by atoms with E-state index in [9.17, 15) is 0 Å². The molecule has 0 amide bonds. The summed E-state index contributed by atoms with van der Waals surface area (Å²) >= 11 is 0. The van der Waals surface area contributed by atoms with Crippen molar-refractivity contribution in [2.75, 3.05) is 27.2 Å². The molecule has 0 unspecified atom stereocenters. The van der Waals surface area contributed by atoms with Gasteiger partial charge >= 0.3 is 0 Å². The summed E-state index contributed by atoms with van der Waals surface area (Å²) in [7, 11) is 4.10. The Morgan fingerprint density at radius 3 is 2.43 bits per heavy atom. The molecule has 0 aliphatic carbocycles. The van der Waals surface area contributed by atoms with E-state index in [1.807, 2.05) is 36.4 Å². The Kier molecular flexibility index (Phi) is 4.79. The minimum atomic E-state index is 0.684. The summed E-state index contributed by atoms with van der Waals surface area (Å²) in [6, 6.07) is 20.7. The summed E-state index contributed by atoms with van der Waals surface area (Å²) in [5, 5.41) is 0. The molecule has 3 aromatic rings. The lowest BCUT2D eigenvalue weighted by Crippen LogP contribution is -2.19. The van der Waals surface area contributed by atoms with E-state index in [2.05, 4.69) is 60.2 Å². The largest absolute Gasteiger partial charge is 0.492 e. The Labute approximate surface area is 137 Å². The molecule has 0 atom stereocenters. The van der Waals surface area contributed by atoms with Gasteiger partial charge in [0.05, 0.1) is 0 Å². The second-order valence-corrected chi connectivity index (χ2v) is 5.79. The van der Waals surface area contributed by atoms with E-state index in [-0.39, 0.29) is 0 Å². The highest BCUT2D eigenvalue weighted by molar-refractivity contribution is 5.70. The molecule has 23 heavy (non-hydrogen) atoms. The predicted molar refractivity (Wildman–Crippen MR) is 95.3 cm³/mol. The average Bonchev–Trinajstić information content (AvgIpc) is 3.06. The fraction of sp³-hybridized carbons (Fsp3) is 0.200. The Morgan fingerprint density at radius 1 is 0.913 bits per heavy atom. The van der Waals surface area contributed by atoms with Crippen LogP contribution in [0, 0.1) is 0 Å². The van der Waals surface area contributed by atoms with Crippen LogP contribution in [0.3, 0.4) is 0 Å². The van der Waals surface area contributed by atoms with Gasteiger partial charge in [-0.05, 0) is 38.4 Å². The van der Waals surface area contributed by atoms with Crippen LogP contribution in [0.25, 0.3) is 16.8 Å². The van der Waals surface area contributed by atoms with Crippen LogP contribution in [0.4, 0.5) is 0 Å². The number of aromatic nitrogens is 1. The topological polar surface area (TPSA) is 17.4 Å². The molecule has 0 saturated heterocycles. The highest BCUT2D eigenvalue weighted by Crippen LogP contribution is 2.30. The molecular formula is C20H22N2O. The van der Waals surface area contributed by atoms with Gasteiger partial charge in [-0.3, -0.25) is 0 Å². The van der Waals surface area contributed by atoms with E-state index in [1.165, 1.54) is 0 Å². The molecule has 0 fully saturated rings. The van der Waals surface area contributed by atoms with Gasteiger partial charge in [0.25, 0.3) is 0 Å². The maximum Gasteiger partial charge on any atom is 0.127 e. The van der Waals surface area contributed by atoms with Crippen LogP contribution in [-0.4, -0.2) is 36.7 Å². The number of rotatable bonds is 6. The van der Waals surface area contributed by atoms with Crippen molar-refractivity contribution in [1.29, 1.82) is 0 Å². The SMILES string of the molecule is CN(C)CCOc1ccccc1-c1ccn(-c2ccccc2)c1. The van der Waals surface area contributed by atoms with Crippen molar-refractivity contribution in [1.82, 2.24) is 9.47 Å². The van der Waals surface area contributed by atoms with Gasteiger partial charge in [-0.2, -0.15) is 0 Å². The molecule has 0 radical (unpaired) electrons. The molecule has 0 spiro atoms. The Balaban J connectivity index is 1.83. The van der Waals surface area contributed by atoms with Crippen molar-refractivity contribution in [3.05, 3.63) is 73.1 Å². The third-order valence-corrected chi connectivity index (χ3v) is 3.74. The quantitative estimate of drug-likeness (QED) is 0.682. The fourth-order valence-electron chi connectivity index (χ4n) is 2.49. The molecule has 3 nitrogen and oxygen atoms in total. The number of ether oxygens (including phenoxy) is 1. The van der Waals surface area contributed by atoms with Gasteiger partial charge < -0.3 is 14.2 Å². The molecule has 1 aromatic heterocycles. The first kappa shape index (κ1) is 15.4. The van der Waals surface area contributed by atoms with E-state index in [0.717, 1.165) is 29.1 Å². The van der Waals surface area contributed by atoms with Gasteiger partial charge in [-0.1, -0.05) is 36.4 Å². The standard InChI is InChI=1S/C20H22N2O/c1-21(2)14-15-23-20-11-7-6-10-19(20)17-12-13-22(16-17)18-8-4-3-5-9-18/h3-13,16H,14-15H2,1-2H3. The number of para-hydroxylation sites is 2. The van der Waals surface area contributed by atoms with E-state index >= 15 is 0 Å². The Bertz CT molecular complexity index is 747. The van der Waals surface area contributed by atoms with Crippen molar-refractivity contribution in [2.45, 2.75) is 0 Å². The van der Waals surface area contributed by atoms with Crippen molar-refractivity contribution in [3.8, 4) is 22.6 Å². The van der Waals surface area contributed by atoms with Gasteiger partial charge in [0.15, 0.2) is 0 Å². The van der Waals surface area contributed by atoms with E-state index in [4.69, 9.17) is 4.74 Å². The van der Waals surface area contributed by atoms with Crippen LogP contribution in [-0.2, 0) is 0 Å². The van der Waals surface area contributed by atoms with Gasteiger partial charge in [-0.25, -0.2) is 0 Å². The average molecular weight is 306 g/mol. The summed E-state index contributed by atoms with van der Waals surface area (Å²) in [5.41, 5.74) is 3.44. The number of benzene rings is 2. The first-order valence-electron chi connectivity index (χ1n) is 7.84. The van der Waals surface area contributed by atoms with Crippen molar-refractivity contribution in [3.63, 3.8) is 0 Å². The Hall–Kier alpha value is -2.52. The maximum atomic E-state index is 5.97. The summed E-state index contributed by atoms with van der Waals surface area (Å²) in [4.78, 5) is 2.12. The normalized spacial score (nSPS) is 10.9. The second-order valence-electron chi connectivity index (χ2n) is 5.79. The first-order valence-corrected chi connectivity index (χ1v) is 7.84. The highest BCUT2D eigenvalue weighted by atomic mass is 16.5. The predicted octanol–water partition coefficient (Wildman–Crippen LogP) is 4.08. The van der Waals surface area contributed by atoms with Gasteiger partial charge in [0, 0.05) is 35.8 Å². The van der Waals surface area contributed by atoms with E-state index in [1.54, 1.807) is 0 Å². The molecule has 118 valence electrons. The molecule has 1 heterocycles. The number of hydrogen-bond donors (Lipinski definition) is 0. The Morgan fingerprint density at radius 2 is 1.65 bits per heavy atom. The second kappa shape index (κ2) is 7.16. The number of likely N-dealkylation sites (N-methyl/N-ethyl adjacent to an activating group) is 1. The molecule has 0 bridgehead atoms. The molecule has 3 heteroatoms. The minimum absolute atomic E-state index is 0.684. The summed E-state index contributed by atoms with van der Waals surface area (Å²) in [6.45, 7) is 1.59. The van der Waals surface area contributed by atoms with E-state index in [0.29, 0.717) is 6.61 Å². The summed E-state index contributed by atoms with van der Waals surface area (Å²) in [5.74, 6) is 0.931. The van der Waals surface area contributed by atoms with Crippen molar-refractivity contribution >= 4 is 0 Å². The molecule has 2 aromatic carbocycles. The molecule has 3 rings (SSSR count). The monoisotopic (exact) mass is 306 g/mol. The molecule has 0 aliphatic rings. The van der Waals surface area contributed by atoms with Crippen LogP contribution >= 0.6 is 0 Å². The zero-order valence-corrected chi connectivity index (χ0v) is 13.6. The van der Waals surface area contributed by atoms with Gasteiger partial charge in [-0.15, -0.1) is 0 Å². The van der Waals surface area contributed by atoms with Crippen LogP contribution in [0.5, 0.6) is 5.75 Å². The van der Waals surface area contributed by atoms with Crippen LogP contribution < -0.4 is 4.74 Å². The lowest BCUT2D eigenvalue weighted by molar-refractivity contribution is 0.262. The van der Waals surface area contributed by atoms with Crippen LogP contribution in [0.15, 0.2) is 73.1 Å². The lowest BCUT2D eigenvalue weighted by atomic mass is 10.1. The maximum absolute atomic E-state index is 5.97. The van der Waals surface area contributed by atoms with E-state index < -0.39 is 0 Å². The molecular weight excluding hydrogens is 284 g/mol. The van der Waals surface area contributed by atoms with Crippen LogP contribution in [0.2, 0.25) is 0 Å². The fourth-order valence-corrected chi connectivity index (χ4v) is 2.49. The number of hydrogen-bond acceptors (Lipinski definition) is 2. The first-order chi connectivity index (χ1) is 11.2. The highest BCUT2D eigenvalue weighted by Gasteiger charge is 2.08. The van der Waals surface area contributed by atoms with Gasteiger partial charge in [0.2, 0.25) is 0 Å². The third kappa shape index (κ3) is 3.82. The summed E-state index contributed by atoms with van der Waals surface area (Å²) < 4.78 is 8.10. The summed E-state index contributed by atoms with van der Waals surface area (Å²) in [6.07, 6.45) is 4.23. The van der Waals surface area contributed by atoms with Crippen LogP contribution in [0.1, 0.15) is 0 Å². The minimum Gasteiger partial charge on any atom is -0.492 e. The van der Waals surface area contributed by atoms with Gasteiger partial charge in [0.1, 0.15) is 12.4 Å². The zero-order chi connectivity index (χ0) is 16.1. The lowest BCUT2D eigenvalue weighted by Gasteiger charge is -2.13. The van der Waals surface area contributed by atoms with Crippen molar-refractivity contribution < 1.29 is 4.74 Å².